The van der Waals surface area contributed by atoms with Crippen LogP contribution in [0.2, 0.25) is 0 Å². The molecule has 0 fully saturated rings. The summed E-state index contributed by atoms with van der Waals surface area (Å²) < 4.78 is 17.8. The zero-order chi connectivity index (χ0) is 12.8. The minimum Gasteiger partial charge on any atom is -0.472 e. The Balaban J connectivity index is 1.71. The predicted molar refractivity (Wildman–Crippen MR) is 70.1 cm³/mol. The average Bonchev–Trinajstić information content (AvgIpc) is 2.88. The van der Waals surface area contributed by atoms with Crippen molar-refractivity contribution in [1.82, 2.24) is 5.32 Å². The van der Waals surface area contributed by atoms with E-state index in [2.05, 4.69) is 10.2 Å². The lowest BCUT2D eigenvalue weighted by Crippen LogP contribution is -2.28. The Morgan fingerprint density at radius 2 is 2.00 bits per heavy atom. The van der Waals surface area contributed by atoms with Gasteiger partial charge in [0.05, 0.1) is 12.5 Å². The summed E-state index contributed by atoms with van der Waals surface area (Å²) in [5.41, 5.74) is 2.15. The summed E-state index contributed by atoms with van der Waals surface area (Å²) in [7, 11) is 1.99. The number of likely N-dealkylation sites (N-methyl/N-ethyl adjacent to an activating group) is 1. The van der Waals surface area contributed by atoms with E-state index in [1.807, 2.05) is 13.1 Å². The van der Waals surface area contributed by atoms with E-state index in [1.54, 1.807) is 24.7 Å². The SMILES string of the molecule is CN(CCNCc1ccoc1)c1ccc(F)cc1. The molecule has 0 atom stereocenters. The molecule has 1 aromatic carbocycles. The summed E-state index contributed by atoms with van der Waals surface area (Å²) in [5, 5.41) is 3.32. The van der Waals surface area contributed by atoms with Crippen LogP contribution in [0, 0.1) is 5.82 Å². The van der Waals surface area contributed by atoms with E-state index in [9.17, 15) is 4.39 Å². The Hall–Kier alpha value is -1.81. The molecule has 0 aliphatic rings. The summed E-state index contributed by atoms with van der Waals surface area (Å²) in [4.78, 5) is 2.09. The zero-order valence-electron chi connectivity index (χ0n) is 10.4. The van der Waals surface area contributed by atoms with E-state index in [-0.39, 0.29) is 5.82 Å². The van der Waals surface area contributed by atoms with Gasteiger partial charge in [0.25, 0.3) is 0 Å². The van der Waals surface area contributed by atoms with Gasteiger partial charge < -0.3 is 14.6 Å². The van der Waals surface area contributed by atoms with Crippen molar-refractivity contribution in [2.45, 2.75) is 6.54 Å². The first-order valence-electron chi connectivity index (χ1n) is 5.94. The fourth-order valence-corrected chi connectivity index (χ4v) is 1.70. The summed E-state index contributed by atoms with van der Waals surface area (Å²) in [6, 6.07) is 8.46. The Labute approximate surface area is 106 Å². The minimum absolute atomic E-state index is 0.203. The van der Waals surface area contributed by atoms with Crippen LogP contribution < -0.4 is 10.2 Å². The maximum Gasteiger partial charge on any atom is 0.123 e. The van der Waals surface area contributed by atoms with Crippen LogP contribution in [0.25, 0.3) is 0 Å². The van der Waals surface area contributed by atoms with Crippen LogP contribution in [-0.2, 0) is 6.54 Å². The highest BCUT2D eigenvalue weighted by molar-refractivity contribution is 5.45. The van der Waals surface area contributed by atoms with Gasteiger partial charge in [0.2, 0.25) is 0 Å². The average molecular weight is 248 g/mol. The molecule has 0 saturated heterocycles. The van der Waals surface area contributed by atoms with Crippen molar-refractivity contribution in [3.05, 3.63) is 54.2 Å². The molecule has 0 unspecified atom stereocenters. The Morgan fingerprint density at radius 1 is 1.22 bits per heavy atom. The monoisotopic (exact) mass is 248 g/mol. The normalized spacial score (nSPS) is 10.6. The lowest BCUT2D eigenvalue weighted by atomic mass is 10.3. The fourth-order valence-electron chi connectivity index (χ4n) is 1.70. The number of nitrogens with zero attached hydrogens (tertiary/aromatic N) is 1. The fraction of sp³-hybridized carbons (Fsp3) is 0.286. The van der Waals surface area contributed by atoms with Gasteiger partial charge in [-0.25, -0.2) is 4.39 Å². The van der Waals surface area contributed by atoms with Gasteiger partial charge in [-0.15, -0.1) is 0 Å². The number of benzene rings is 1. The van der Waals surface area contributed by atoms with Gasteiger partial charge in [0, 0.05) is 37.9 Å². The molecule has 0 aliphatic heterocycles. The topological polar surface area (TPSA) is 28.4 Å². The van der Waals surface area contributed by atoms with Crippen LogP contribution in [0.5, 0.6) is 0 Å². The molecule has 2 rings (SSSR count). The standard InChI is InChI=1S/C14H17FN2O/c1-17(14-4-2-13(15)3-5-14)8-7-16-10-12-6-9-18-11-12/h2-6,9,11,16H,7-8,10H2,1H3. The van der Waals surface area contributed by atoms with Crippen LogP contribution in [-0.4, -0.2) is 20.1 Å². The van der Waals surface area contributed by atoms with Gasteiger partial charge in [-0.1, -0.05) is 0 Å². The van der Waals surface area contributed by atoms with Crippen LogP contribution in [0.4, 0.5) is 10.1 Å². The molecule has 0 bridgehead atoms. The molecule has 0 radical (unpaired) electrons. The maximum atomic E-state index is 12.8. The Kier molecular flexibility index (Phi) is 4.36. The van der Waals surface area contributed by atoms with Gasteiger partial charge >= 0.3 is 0 Å². The van der Waals surface area contributed by atoms with Gasteiger partial charge in [0.15, 0.2) is 0 Å². The largest absolute Gasteiger partial charge is 0.472 e. The smallest absolute Gasteiger partial charge is 0.123 e. The van der Waals surface area contributed by atoms with Gasteiger partial charge in [0.1, 0.15) is 5.82 Å². The number of hydrogen-bond donors (Lipinski definition) is 1. The molecule has 3 nitrogen and oxygen atoms in total. The van der Waals surface area contributed by atoms with Crippen LogP contribution in [0.15, 0.2) is 47.3 Å². The number of halogens is 1. The number of rotatable bonds is 6. The highest BCUT2D eigenvalue weighted by Crippen LogP contribution is 2.12. The molecular formula is C14H17FN2O. The molecule has 2 aromatic rings. The van der Waals surface area contributed by atoms with Crippen molar-refractivity contribution in [1.29, 1.82) is 0 Å². The first-order chi connectivity index (χ1) is 8.75. The van der Waals surface area contributed by atoms with Gasteiger partial charge in [-0.3, -0.25) is 0 Å². The molecule has 4 heteroatoms. The van der Waals surface area contributed by atoms with E-state index in [4.69, 9.17) is 4.42 Å². The summed E-state index contributed by atoms with van der Waals surface area (Å²) >= 11 is 0. The second-order valence-corrected chi connectivity index (χ2v) is 4.21. The maximum absolute atomic E-state index is 12.8. The second kappa shape index (κ2) is 6.21. The second-order valence-electron chi connectivity index (χ2n) is 4.21. The third kappa shape index (κ3) is 3.60. The number of nitrogens with one attached hydrogen (secondary N) is 1. The van der Waals surface area contributed by atoms with Crippen LogP contribution >= 0.6 is 0 Å². The molecule has 96 valence electrons. The first kappa shape index (κ1) is 12.6. The van der Waals surface area contributed by atoms with E-state index in [0.717, 1.165) is 30.9 Å². The summed E-state index contributed by atoms with van der Waals surface area (Å²) in [6.07, 6.45) is 3.40. The number of furan rings is 1. The molecule has 1 aromatic heterocycles. The van der Waals surface area contributed by atoms with Crippen LogP contribution in [0.1, 0.15) is 5.56 Å². The van der Waals surface area contributed by atoms with E-state index in [1.165, 1.54) is 12.1 Å². The highest BCUT2D eigenvalue weighted by atomic mass is 19.1. The van der Waals surface area contributed by atoms with Crippen molar-refractivity contribution in [2.24, 2.45) is 0 Å². The molecule has 0 amide bonds. The molecule has 0 aliphatic carbocycles. The predicted octanol–water partition coefficient (Wildman–Crippen LogP) is 2.64. The van der Waals surface area contributed by atoms with E-state index < -0.39 is 0 Å². The quantitative estimate of drug-likeness (QED) is 0.797. The molecular weight excluding hydrogens is 231 g/mol. The van der Waals surface area contributed by atoms with E-state index >= 15 is 0 Å². The van der Waals surface area contributed by atoms with Crippen molar-refractivity contribution >= 4 is 5.69 Å². The Bertz CT molecular complexity index is 453. The summed E-state index contributed by atoms with van der Waals surface area (Å²) in [6.45, 7) is 2.52. The minimum atomic E-state index is -0.203. The molecule has 0 saturated carbocycles. The highest BCUT2D eigenvalue weighted by Gasteiger charge is 2.00. The molecule has 1 heterocycles. The van der Waals surface area contributed by atoms with Crippen molar-refractivity contribution in [3.63, 3.8) is 0 Å². The van der Waals surface area contributed by atoms with Gasteiger partial charge in [-0.05, 0) is 30.3 Å². The lowest BCUT2D eigenvalue weighted by Gasteiger charge is -2.19. The van der Waals surface area contributed by atoms with Crippen molar-refractivity contribution < 1.29 is 8.81 Å². The lowest BCUT2D eigenvalue weighted by molar-refractivity contribution is 0.560. The van der Waals surface area contributed by atoms with Crippen molar-refractivity contribution in [2.75, 3.05) is 25.0 Å². The third-order valence-electron chi connectivity index (χ3n) is 2.80. The number of hydrogen-bond acceptors (Lipinski definition) is 3. The molecule has 0 spiro atoms. The van der Waals surface area contributed by atoms with Crippen molar-refractivity contribution in [3.8, 4) is 0 Å². The molecule has 18 heavy (non-hydrogen) atoms. The zero-order valence-corrected chi connectivity index (χ0v) is 10.4. The van der Waals surface area contributed by atoms with Gasteiger partial charge in [-0.2, -0.15) is 0 Å². The van der Waals surface area contributed by atoms with E-state index in [0.29, 0.717) is 0 Å². The van der Waals surface area contributed by atoms with Crippen LogP contribution in [0.3, 0.4) is 0 Å². The Morgan fingerprint density at radius 3 is 2.67 bits per heavy atom. The summed E-state index contributed by atoms with van der Waals surface area (Å²) in [5.74, 6) is -0.203. The third-order valence-corrected chi connectivity index (χ3v) is 2.80. The number of anilines is 1. The molecule has 1 N–H and O–H groups in total. The first-order valence-corrected chi connectivity index (χ1v) is 5.94.